The average Bonchev–Trinajstić information content (AvgIpc) is 3.07. The van der Waals surface area contributed by atoms with Crippen LogP contribution in [0.2, 0.25) is 0 Å². The second kappa shape index (κ2) is 5.13. The molecule has 1 aliphatic heterocycles. The van der Waals surface area contributed by atoms with Crippen LogP contribution in [0.4, 0.5) is 0 Å². The maximum atomic E-state index is 12.8. The van der Waals surface area contributed by atoms with E-state index in [-0.39, 0.29) is 5.91 Å². The molecule has 8 heteroatoms. The van der Waals surface area contributed by atoms with Gasteiger partial charge in [0.2, 0.25) is 0 Å². The van der Waals surface area contributed by atoms with E-state index in [1.165, 1.54) is 11.5 Å². The summed E-state index contributed by atoms with van der Waals surface area (Å²) in [4.78, 5) is 19.8. The maximum absolute atomic E-state index is 12.8. The number of amides is 1. The fourth-order valence-corrected chi connectivity index (χ4v) is 3.42. The van der Waals surface area contributed by atoms with Crippen LogP contribution in [-0.4, -0.2) is 41.7 Å². The van der Waals surface area contributed by atoms with E-state index < -0.39 is 0 Å². The molecule has 0 radical (unpaired) electrons. The van der Waals surface area contributed by atoms with Gasteiger partial charge < -0.3 is 4.90 Å². The van der Waals surface area contributed by atoms with Gasteiger partial charge in [0.1, 0.15) is 4.83 Å². The second-order valence-corrected chi connectivity index (χ2v) is 6.13. The lowest BCUT2D eigenvalue weighted by Gasteiger charge is -2.19. The van der Waals surface area contributed by atoms with Crippen LogP contribution >= 0.6 is 11.5 Å². The molecule has 112 valence electrons. The molecule has 4 rings (SSSR count). The molecule has 3 aromatic rings. The molecule has 0 N–H and O–H groups in total. The Morgan fingerprint density at radius 3 is 3.14 bits per heavy atom. The number of hydrogen-bond donors (Lipinski definition) is 0. The molecule has 0 saturated heterocycles. The zero-order valence-electron chi connectivity index (χ0n) is 12.1. The Kier molecular flexibility index (Phi) is 3.11. The number of nitrogens with zero attached hydrogens (tertiary/aromatic N) is 6. The van der Waals surface area contributed by atoms with Gasteiger partial charge in [-0.3, -0.25) is 4.79 Å². The first kappa shape index (κ1) is 13.3. The summed E-state index contributed by atoms with van der Waals surface area (Å²) in [6, 6.07) is 1.89. The smallest absolute Gasteiger partial charge is 0.255 e. The molecule has 1 amide bonds. The summed E-state index contributed by atoms with van der Waals surface area (Å²) in [5.74, 6) is -0.00495. The van der Waals surface area contributed by atoms with Crippen molar-refractivity contribution in [3.05, 3.63) is 35.4 Å². The minimum atomic E-state index is -0.00495. The van der Waals surface area contributed by atoms with Gasteiger partial charge >= 0.3 is 0 Å². The summed E-state index contributed by atoms with van der Waals surface area (Å²) < 4.78 is 6.14. The van der Waals surface area contributed by atoms with E-state index >= 15 is 0 Å². The maximum Gasteiger partial charge on any atom is 0.255 e. The van der Waals surface area contributed by atoms with E-state index in [4.69, 9.17) is 0 Å². The van der Waals surface area contributed by atoms with Gasteiger partial charge in [-0.25, -0.2) is 9.67 Å². The molecule has 0 fully saturated rings. The van der Waals surface area contributed by atoms with Crippen molar-refractivity contribution in [3.8, 4) is 0 Å². The molecule has 1 aliphatic rings. The van der Waals surface area contributed by atoms with Crippen molar-refractivity contribution in [1.29, 1.82) is 0 Å². The second-order valence-electron chi connectivity index (χ2n) is 5.37. The van der Waals surface area contributed by atoms with E-state index in [0.717, 1.165) is 34.6 Å². The van der Waals surface area contributed by atoms with Crippen molar-refractivity contribution in [3.63, 3.8) is 0 Å². The molecule has 22 heavy (non-hydrogen) atoms. The van der Waals surface area contributed by atoms with Crippen molar-refractivity contribution in [2.45, 2.75) is 26.4 Å². The third-order valence-corrected chi connectivity index (χ3v) is 4.76. The summed E-state index contributed by atoms with van der Waals surface area (Å²) in [7, 11) is 0. The first-order valence-electron chi connectivity index (χ1n) is 7.11. The first-order valence-corrected chi connectivity index (χ1v) is 7.88. The molecule has 0 spiro atoms. The molecule has 0 aliphatic carbocycles. The van der Waals surface area contributed by atoms with Gasteiger partial charge in [0, 0.05) is 24.7 Å². The normalized spacial score (nSPS) is 14.9. The number of aromatic nitrogens is 5. The van der Waals surface area contributed by atoms with Crippen LogP contribution in [0.25, 0.3) is 10.2 Å². The quantitative estimate of drug-likeness (QED) is 0.682. The molecular formula is C14H14N6OS. The van der Waals surface area contributed by atoms with Gasteiger partial charge in [-0.05, 0) is 30.9 Å². The Morgan fingerprint density at radius 2 is 2.23 bits per heavy atom. The molecule has 4 heterocycles. The van der Waals surface area contributed by atoms with Crippen LogP contribution in [0.1, 0.15) is 28.2 Å². The van der Waals surface area contributed by atoms with Gasteiger partial charge in [0.25, 0.3) is 5.91 Å². The lowest BCUT2D eigenvalue weighted by atomic mass is 10.2. The Morgan fingerprint density at radius 1 is 1.32 bits per heavy atom. The van der Waals surface area contributed by atoms with Crippen LogP contribution in [-0.2, 0) is 13.1 Å². The van der Waals surface area contributed by atoms with Crippen LogP contribution in [0.15, 0.2) is 18.5 Å². The van der Waals surface area contributed by atoms with Crippen molar-refractivity contribution in [2.24, 2.45) is 0 Å². The minimum absolute atomic E-state index is 0.00495. The third kappa shape index (κ3) is 2.16. The van der Waals surface area contributed by atoms with Crippen molar-refractivity contribution < 1.29 is 4.79 Å². The van der Waals surface area contributed by atoms with Crippen LogP contribution < -0.4 is 0 Å². The number of rotatable bonds is 1. The lowest BCUT2D eigenvalue weighted by Crippen LogP contribution is -2.30. The molecule has 7 nitrogen and oxygen atoms in total. The zero-order valence-corrected chi connectivity index (χ0v) is 12.9. The fourth-order valence-electron chi connectivity index (χ4n) is 2.69. The highest BCUT2D eigenvalue weighted by Gasteiger charge is 2.22. The largest absolute Gasteiger partial charge is 0.333 e. The Bertz CT molecular complexity index is 854. The average molecular weight is 314 g/mol. The molecule has 0 atom stereocenters. The summed E-state index contributed by atoms with van der Waals surface area (Å²) in [5, 5.41) is 8.91. The molecule has 3 aromatic heterocycles. The zero-order chi connectivity index (χ0) is 15.1. The van der Waals surface area contributed by atoms with Gasteiger partial charge in [0.05, 0.1) is 29.7 Å². The standard InChI is InChI=1S/C14H14N6OS/c1-9-12-5-10(6-15-13(12)22-17-9)14(21)19-3-2-4-20-11(8-19)7-16-18-20/h5-7H,2-4,8H2,1H3. The predicted octanol–water partition coefficient (Wildman–Crippen LogP) is 1.64. The van der Waals surface area contributed by atoms with E-state index in [2.05, 4.69) is 19.7 Å². The Hall–Kier alpha value is -2.35. The van der Waals surface area contributed by atoms with Gasteiger partial charge in [-0.2, -0.15) is 4.37 Å². The molecule has 0 saturated carbocycles. The number of hydrogen-bond acceptors (Lipinski definition) is 6. The fraction of sp³-hybridized carbons (Fsp3) is 0.357. The summed E-state index contributed by atoms with van der Waals surface area (Å²) in [6.07, 6.45) is 4.24. The Balaban J connectivity index is 1.66. The van der Waals surface area contributed by atoms with Gasteiger partial charge in [0.15, 0.2) is 0 Å². The van der Waals surface area contributed by atoms with Crippen LogP contribution in [0.3, 0.4) is 0 Å². The topological polar surface area (TPSA) is 76.8 Å². The van der Waals surface area contributed by atoms with Gasteiger partial charge in [-0.15, -0.1) is 5.10 Å². The SMILES string of the molecule is Cc1nsc2ncc(C(=O)N3CCCn4nncc4C3)cc12. The first-order chi connectivity index (χ1) is 10.7. The Labute approximate surface area is 130 Å². The highest BCUT2D eigenvalue weighted by Crippen LogP contribution is 2.22. The molecular weight excluding hydrogens is 300 g/mol. The number of carbonyl (C=O) groups excluding carboxylic acids is 1. The number of fused-ring (bicyclic) bond motifs is 2. The van der Waals surface area contributed by atoms with E-state index in [1.54, 1.807) is 12.4 Å². The molecule has 0 unspecified atom stereocenters. The highest BCUT2D eigenvalue weighted by atomic mass is 32.1. The number of carbonyl (C=O) groups is 1. The summed E-state index contributed by atoms with van der Waals surface area (Å²) >= 11 is 1.36. The number of aryl methyl sites for hydroxylation is 2. The van der Waals surface area contributed by atoms with E-state index in [0.29, 0.717) is 18.7 Å². The predicted molar refractivity (Wildman–Crippen MR) is 81.5 cm³/mol. The summed E-state index contributed by atoms with van der Waals surface area (Å²) in [5.41, 5.74) is 2.49. The van der Waals surface area contributed by atoms with Crippen LogP contribution in [0.5, 0.6) is 0 Å². The van der Waals surface area contributed by atoms with Crippen LogP contribution in [0, 0.1) is 6.92 Å². The summed E-state index contributed by atoms with van der Waals surface area (Å²) in [6.45, 7) is 3.97. The minimum Gasteiger partial charge on any atom is -0.333 e. The van der Waals surface area contributed by atoms with Crippen molar-refractivity contribution in [1.82, 2.24) is 29.3 Å². The highest BCUT2D eigenvalue weighted by molar-refractivity contribution is 7.12. The van der Waals surface area contributed by atoms with Crippen molar-refractivity contribution in [2.75, 3.05) is 6.54 Å². The van der Waals surface area contributed by atoms with E-state index in [9.17, 15) is 4.79 Å². The number of pyridine rings is 1. The molecule has 0 bridgehead atoms. The van der Waals surface area contributed by atoms with Crippen molar-refractivity contribution >= 4 is 27.7 Å². The molecule has 0 aromatic carbocycles. The lowest BCUT2D eigenvalue weighted by molar-refractivity contribution is 0.0745. The van der Waals surface area contributed by atoms with E-state index in [1.807, 2.05) is 22.6 Å². The van der Waals surface area contributed by atoms with Gasteiger partial charge in [-0.1, -0.05) is 5.21 Å². The third-order valence-electron chi connectivity index (χ3n) is 3.89. The monoisotopic (exact) mass is 314 g/mol.